The minimum atomic E-state index is 0.538. The van der Waals surface area contributed by atoms with Gasteiger partial charge >= 0.3 is 0 Å². The number of rotatable bonds is 2. The van der Waals surface area contributed by atoms with Crippen LogP contribution < -0.4 is 0 Å². The number of fused-ring (bicyclic) bond motifs is 7. The summed E-state index contributed by atoms with van der Waals surface area (Å²) in [6.45, 7) is 0. The molecule has 1 aliphatic heterocycles. The molecule has 8 rings (SSSR count). The lowest BCUT2D eigenvalue weighted by molar-refractivity contribution is 1.09. The summed E-state index contributed by atoms with van der Waals surface area (Å²) in [7, 11) is 0. The third-order valence-electron chi connectivity index (χ3n) is 7.54. The highest BCUT2D eigenvalue weighted by Gasteiger charge is 2.29. The second-order valence-electron chi connectivity index (χ2n) is 9.73. The van der Waals surface area contributed by atoms with Gasteiger partial charge < -0.3 is 0 Å². The van der Waals surface area contributed by atoms with Crippen LogP contribution in [0.25, 0.3) is 55.1 Å². The molecule has 0 bridgehead atoms. The molecule has 0 N–H and O–H groups in total. The summed E-state index contributed by atoms with van der Waals surface area (Å²) in [6.07, 6.45) is 5.85. The van der Waals surface area contributed by atoms with E-state index in [0.29, 0.717) is 5.25 Å². The highest BCUT2D eigenvalue weighted by Crippen LogP contribution is 2.49. The van der Waals surface area contributed by atoms with Gasteiger partial charge in [-0.15, -0.1) is 11.8 Å². The number of pyridine rings is 2. The zero-order valence-electron chi connectivity index (χ0n) is 20.1. The fraction of sp³-hybridized carbons (Fsp3) is 0.0588. The molecular weight excluding hydrogens is 468 g/mol. The van der Waals surface area contributed by atoms with Crippen LogP contribution in [0.2, 0.25) is 0 Å². The van der Waals surface area contributed by atoms with Crippen molar-refractivity contribution in [2.45, 2.75) is 16.6 Å². The molecule has 0 radical (unpaired) electrons. The fourth-order valence-corrected chi connectivity index (χ4v) is 6.99. The number of nitrogens with zero attached hydrogens (tertiary/aromatic N) is 2. The standard InChI is InChI=1S/C34H22N2S/c1-4-10-29-24(7-1)20-28-33(36-30-11-5-2-9-26(30)34(28)35-29)22-15-13-21(14-16-22)23-17-18-32-27(19-23)25-8-3-6-12-31(25)37-32/h1-17,19-20,32H,18H2. The van der Waals surface area contributed by atoms with E-state index in [1.54, 1.807) is 0 Å². The van der Waals surface area contributed by atoms with Crippen LogP contribution in [-0.4, -0.2) is 15.2 Å². The van der Waals surface area contributed by atoms with Crippen molar-refractivity contribution in [3.8, 4) is 11.3 Å². The lowest BCUT2D eigenvalue weighted by atomic mass is 9.90. The third-order valence-corrected chi connectivity index (χ3v) is 8.88. The summed E-state index contributed by atoms with van der Waals surface area (Å²) in [4.78, 5) is 11.6. The molecule has 1 unspecified atom stereocenters. The van der Waals surface area contributed by atoms with Crippen molar-refractivity contribution >= 4 is 55.6 Å². The molecule has 0 saturated carbocycles. The van der Waals surface area contributed by atoms with Crippen LogP contribution in [0.1, 0.15) is 17.5 Å². The van der Waals surface area contributed by atoms with E-state index in [1.807, 2.05) is 23.9 Å². The van der Waals surface area contributed by atoms with Crippen molar-refractivity contribution in [1.29, 1.82) is 0 Å². The first kappa shape index (κ1) is 20.9. The van der Waals surface area contributed by atoms with Gasteiger partial charge in [-0.3, -0.25) is 0 Å². The van der Waals surface area contributed by atoms with E-state index in [4.69, 9.17) is 9.97 Å². The van der Waals surface area contributed by atoms with Crippen LogP contribution >= 0.6 is 11.8 Å². The maximum Gasteiger partial charge on any atom is 0.0825 e. The normalized spacial score (nSPS) is 16.5. The van der Waals surface area contributed by atoms with Crippen LogP contribution in [0.5, 0.6) is 0 Å². The Morgan fingerprint density at radius 1 is 0.676 bits per heavy atom. The van der Waals surface area contributed by atoms with Crippen molar-refractivity contribution in [3.63, 3.8) is 0 Å². The largest absolute Gasteiger partial charge is 0.247 e. The number of allylic oxidation sites excluding steroid dienone is 3. The zero-order chi connectivity index (χ0) is 24.3. The van der Waals surface area contributed by atoms with E-state index in [9.17, 15) is 0 Å². The first-order valence-electron chi connectivity index (χ1n) is 12.7. The lowest BCUT2D eigenvalue weighted by Crippen LogP contribution is -2.03. The van der Waals surface area contributed by atoms with Gasteiger partial charge in [0.25, 0.3) is 0 Å². The molecule has 2 aromatic heterocycles. The molecule has 2 aliphatic rings. The number of thioether (sulfide) groups is 1. The highest BCUT2D eigenvalue weighted by molar-refractivity contribution is 8.00. The average molecular weight is 491 g/mol. The van der Waals surface area contributed by atoms with Gasteiger partial charge in [-0.1, -0.05) is 84.9 Å². The Kier molecular flexibility index (Phi) is 4.61. The van der Waals surface area contributed by atoms with E-state index in [-0.39, 0.29) is 0 Å². The van der Waals surface area contributed by atoms with Gasteiger partial charge in [0, 0.05) is 31.9 Å². The van der Waals surface area contributed by atoms with Crippen molar-refractivity contribution < 1.29 is 0 Å². The molecule has 2 nitrogen and oxygen atoms in total. The van der Waals surface area contributed by atoms with Crippen molar-refractivity contribution in [1.82, 2.24) is 9.97 Å². The third kappa shape index (κ3) is 3.35. The molecular formula is C34H22N2S. The molecule has 0 fully saturated rings. The Bertz CT molecular complexity index is 1930. The Morgan fingerprint density at radius 2 is 1.43 bits per heavy atom. The van der Waals surface area contributed by atoms with Crippen LogP contribution in [-0.2, 0) is 0 Å². The first-order chi connectivity index (χ1) is 18.3. The summed E-state index contributed by atoms with van der Waals surface area (Å²) in [5.41, 5.74) is 10.5. The van der Waals surface area contributed by atoms with Crippen molar-refractivity contribution in [3.05, 3.63) is 126 Å². The molecule has 1 atom stereocenters. The first-order valence-corrected chi connectivity index (χ1v) is 13.6. The summed E-state index contributed by atoms with van der Waals surface area (Å²) in [6, 6.07) is 36.6. The summed E-state index contributed by atoms with van der Waals surface area (Å²) in [5, 5.41) is 3.85. The Hall–Kier alpha value is -4.21. The van der Waals surface area contributed by atoms with Crippen LogP contribution in [0.15, 0.2) is 120 Å². The van der Waals surface area contributed by atoms with E-state index in [2.05, 4.69) is 103 Å². The minimum absolute atomic E-state index is 0.538. The van der Waals surface area contributed by atoms with Crippen molar-refractivity contribution in [2.24, 2.45) is 0 Å². The van der Waals surface area contributed by atoms with Gasteiger partial charge in [-0.2, -0.15) is 0 Å². The average Bonchev–Trinajstić information content (AvgIpc) is 3.34. The van der Waals surface area contributed by atoms with Gasteiger partial charge in [0.2, 0.25) is 0 Å². The molecule has 0 saturated heterocycles. The number of para-hydroxylation sites is 2. The molecule has 3 heteroatoms. The topological polar surface area (TPSA) is 25.8 Å². The number of aromatic nitrogens is 2. The molecule has 174 valence electrons. The molecule has 0 amide bonds. The highest BCUT2D eigenvalue weighted by atomic mass is 32.2. The van der Waals surface area contributed by atoms with E-state index >= 15 is 0 Å². The Morgan fingerprint density at radius 3 is 2.35 bits per heavy atom. The number of benzene rings is 4. The van der Waals surface area contributed by atoms with E-state index in [1.165, 1.54) is 27.2 Å². The van der Waals surface area contributed by atoms with Gasteiger partial charge in [0.15, 0.2) is 0 Å². The number of hydrogen-bond acceptors (Lipinski definition) is 3. The SMILES string of the molecule is C1=C(c2ccc(-c3nc4ccccc4c4nc5ccccc5cc34)cc2)C=C2c3ccccc3SC2C1. The summed E-state index contributed by atoms with van der Waals surface area (Å²) < 4.78 is 0. The molecule has 4 aromatic carbocycles. The molecule has 6 aromatic rings. The smallest absolute Gasteiger partial charge is 0.0825 e. The van der Waals surface area contributed by atoms with E-state index in [0.717, 1.165) is 50.4 Å². The van der Waals surface area contributed by atoms with Gasteiger partial charge in [-0.25, -0.2) is 9.97 Å². The predicted molar refractivity (Wildman–Crippen MR) is 157 cm³/mol. The second kappa shape index (κ2) is 8.16. The monoisotopic (exact) mass is 490 g/mol. The van der Waals surface area contributed by atoms with Crippen LogP contribution in [0.4, 0.5) is 0 Å². The van der Waals surface area contributed by atoms with Crippen molar-refractivity contribution in [2.75, 3.05) is 0 Å². The van der Waals surface area contributed by atoms with Crippen LogP contribution in [0.3, 0.4) is 0 Å². The fourth-order valence-electron chi connectivity index (χ4n) is 5.70. The maximum absolute atomic E-state index is 5.12. The van der Waals surface area contributed by atoms with Crippen LogP contribution in [0, 0.1) is 0 Å². The van der Waals surface area contributed by atoms with E-state index < -0.39 is 0 Å². The summed E-state index contributed by atoms with van der Waals surface area (Å²) in [5.74, 6) is 0. The van der Waals surface area contributed by atoms with Gasteiger partial charge in [0.1, 0.15) is 0 Å². The van der Waals surface area contributed by atoms with Gasteiger partial charge in [0.05, 0.1) is 22.2 Å². The second-order valence-corrected chi connectivity index (χ2v) is 11.0. The molecule has 0 spiro atoms. The number of hydrogen-bond donors (Lipinski definition) is 0. The van der Waals surface area contributed by atoms with Gasteiger partial charge in [-0.05, 0) is 59.0 Å². The molecule has 1 aliphatic carbocycles. The quantitative estimate of drug-likeness (QED) is 0.179. The Labute approximate surface area is 219 Å². The summed E-state index contributed by atoms with van der Waals surface area (Å²) >= 11 is 1.99. The zero-order valence-corrected chi connectivity index (χ0v) is 20.9. The predicted octanol–water partition coefficient (Wildman–Crippen LogP) is 8.95. The minimum Gasteiger partial charge on any atom is -0.247 e. The maximum atomic E-state index is 5.12. The lowest BCUT2D eigenvalue weighted by Gasteiger charge is -2.17. The molecule has 3 heterocycles. The molecule has 37 heavy (non-hydrogen) atoms. The Balaban J connectivity index is 1.25.